The second-order valence-corrected chi connectivity index (χ2v) is 4.24. The van der Waals surface area contributed by atoms with Crippen molar-refractivity contribution in [3.63, 3.8) is 0 Å². The van der Waals surface area contributed by atoms with Crippen LogP contribution >= 0.6 is 0 Å². The van der Waals surface area contributed by atoms with E-state index in [1.165, 1.54) is 0 Å². The van der Waals surface area contributed by atoms with Crippen molar-refractivity contribution in [3.8, 4) is 28.6 Å². The highest BCUT2D eigenvalue weighted by atomic mass is 16.5. The topological polar surface area (TPSA) is 74.2 Å². The Morgan fingerprint density at radius 2 is 1.95 bits per heavy atom. The van der Waals surface area contributed by atoms with Crippen LogP contribution in [0.2, 0.25) is 0 Å². The number of nitrogen functional groups attached to an aromatic ring is 1. The van der Waals surface area contributed by atoms with Crippen LogP contribution in [-0.4, -0.2) is 17.3 Å². The lowest BCUT2D eigenvalue weighted by Crippen LogP contribution is -1.90. The minimum absolute atomic E-state index is 0.433. The van der Waals surface area contributed by atoms with Crippen molar-refractivity contribution in [1.29, 1.82) is 0 Å². The van der Waals surface area contributed by atoms with Gasteiger partial charge in [-0.15, -0.1) is 0 Å². The van der Waals surface area contributed by atoms with Crippen LogP contribution in [0.3, 0.4) is 0 Å². The molecule has 0 radical (unpaired) electrons. The molecule has 0 fully saturated rings. The first-order valence-electron chi connectivity index (χ1n) is 6.11. The second-order valence-electron chi connectivity index (χ2n) is 4.24. The average Bonchev–Trinajstić information content (AvgIpc) is 2.97. The molecule has 0 atom stereocenters. The Kier molecular flexibility index (Phi) is 3.09. The summed E-state index contributed by atoms with van der Waals surface area (Å²) in [5.74, 6) is 1.64. The van der Waals surface area contributed by atoms with Crippen LogP contribution < -0.4 is 10.5 Å². The Hall–Kier alpha value is -2.82. The van der Waals surface area contributed by atoms with Crippen LogP contribution in [0.1, 0.15) is 0 Å². The number of nitrogens with two attached hydrogens (primary N) is 1. The minimum Gasteiger partial charge on any atom is -0.497 e. The van der Waals surface area contributed by atoms with Gasteiger partial charge in [0.15, 0.2) is 0 Å². The molecule has 5 heteroatoms. The molecule has 2 aromatic carbocycles. The molecule has 0 unspecified atom stereocenters. The molecule has 3 aromatic rings. The van der Waals surface area contributed by atoms with Crippen molar-refractivity contribution in [2.45, 2.75) is 0 Å². The number of para-hydroxylation sites is 1. The Balaban J connectivity index is 2.00. The fourth-order valence-corrected chi connectivity index (χ4v) is 1.91. The zero-order chi connectivity index (χ0) is 13.9. The standard InChI is InChI=1S/C15H13N3O2/c1-19-11-6-4-5-10(9-11)15-17-14(18-20-15)12-7-2-3-8-13(12)16/h2-9H,16H2,1H3. The quantitative estimate of drug-likeness (QED) is 0.738. The number of nitrogens with zero attached hydrogens (tertiary/aromatic N) is 2. The third kappa shape index (κ3) is 2.21. The van der Waals surface area contributed by atoms with E-state index in [-0.39, 0.29) is 0 Å². The normalized spacial score (nSPS) is 10.4. The van der Waals surface area contributed by atoms with E-state index in [0.29, 0.717) is 17.4 Å². The van der Waals surface area contributed by atoms with E-state index < -0.39 is 0 Å². The highest BCUT2D eigenvalue weighted by Crippen LogP contribution is 2.27. The van der Waals surface area contributed by atoms with Crippen molar-refractivity contribution in [2.24, 2.45) is 0 Å². The lowest BCUT2D eigenvalue weighted by molar-refractivity contribution is 0.413. The van der Waals surface area contributed by atoms with E-state index in [2.05, 4.69) is 10.1 Å². The molecule has 0 bridgehead atoms. The predicted octanol–water partition coefficient (Wildman–Crippen LogP) is 2.99. The van der Waals surface area contributed by atoms with Crippen molar-refractivity contribution < 1.29 is 9.26 Å². The smallest absolute Gasteiger partial charge is 0.258 e. The maximum Gasteiger partial charge on any atom is 0.258 e. The number of benzene rings is 2. The molecule has 3 rings (SSSR count). The van der Waals surface area contributed by atoms with Gasteiger partial charge in [0.25, 0.3) is 5.89 Å². The van der Waals surface area contributed by atoms with Gasteiger partial charge >= 0.3 is 0 Å². The molecular weight excluding hydrogens is 254 g/mol. The van der Waals surface area contributed by atoms with E-state index >= 15 is 0 Å². The molecule has 0 saturated carbocycles. The maximum absolute atomic E-state index is 5.90. The molecule has 0 aliphatic carbocycles. The first-order chi connectivity index (χ1) is 9.78. The molecule has 0 aliphatic rings. The number of hydrogen-bond donors (Lipinski definition) is 1. The molecule has 0 aliphatic heterocycles. The number of methoxy groups -OCH3 is 1. The molecule has 20 heavy (non-hydrogen) atoms. The summed E-state index contributed by atoms with van der Waals surface area (Å²) in [6, 6.07) is 14.9. The van der Waals surface area contributed by atoms with Crippen LogP contribution in [0.25, 0.3) is 22.8 Å². The lowest BCUT2D eigenvalue weighted by Gasteiger charge is -2.00. The van der Waals surface area contributed by atoms with E-state index in [0.717, 1.165) is 16.9 Å². The molecule has 2 N–H and O–H groups in total. The third-order valence-corrected chi connectivity index (χ3v) is 2.94. The minimum atomic E-state index is 0.433. The van der Waals surface area contributed by atoms with Gasteiger partial charge in [0.05, 0.1) is 7.11 Å². The second kappa shape index (κ2) is 5.05. The molecule has 0 amide bonds. The fraction of sp³-hybridized carbons (Fsp3) is 0.0667. The maximum atomic E-state index is 5.90. The van der Waals surface area contributed by atoms with Gasteiger partial charge in [-0.25, -0.2) is 0 Å². The molecule has 0 spiro atoms. The summed E-state index contributed by atoms with van der Waals surface area (Å²) in [5.41, 5.74) is 8.08. The predicted molar refractivity (Wildman–Crippen MR) is 76.1 cm³/mol. The number of aromatic nitrogens is 2. The summed E-state index contributed by atoms with van der Waals surface area (Å²) in [6.07, 6.45) is 0. The number of anilines is 1. The molecule has 100 valence electrons. The van der Waals surface area contributed by atoms with Gasteiger partial charge in [0.1, 0.15) is 5.75 Å². The third-order valence-electron chi connectivity index (χ3n) is 2.94. The highest BCUT2D eigenvalue weighted by Gasteiger charge is 2.12. The van der Waals surface area contributed by atoms with E-state index in [1.54, 1.807) is 13.2 Å². The Bertz CT molecular complexity index is 737. The average molecular weight is 267 g/mol. The van der Waals surface area contributed by atoms with Gasteiger partial charge in [0, 0.05) is 16.8 Å². The van der Waals surface area contributed by atoms with Crippen LogP contribution in [0.5, 0.6) is 5.75 Å². The van der Waals surface area contributed by atoms with Gasteiger partial charge in [-0.1, -0.05) is 23.4 Å². The Morgan fingerprint density at radius 3 is 2.75 bits per heavy atom. The van der Waals surface area contributed by atoms with Gasteiger partial charge in [-0.05, 0) is 30.3 Å². The van der Waals surface area contributed by atoms with E-state index in [4.69, 9.17) is 15.0 Å². The van der Waals surface area contributed by atoms with Gasteiger partial charge in [0.2, 0.25) is 5.82 Å². The number of ether oxygens (including phenoxy) is 1. The molecule has 0 saturated heterocycles. The first-order valence-corrected chi connectivity index (χ1v) is 6.11. The summed E-state index contributed by atoms with van der Waals surface area (Å²) in [5, 5.41) is 3.97. The summed E-state index contributed by atoms with van der Waals surface area (Å²) < 4.78 is 10.5. The molecule has 1 aromatic heterocycles. The molecule has 1 heterocycles. The zero-order valence-electron chi connectivity index (χ0n) is 10.9. The van der Waals surface area contributed by atoms with Crippen LogP contribution in [0.15, 0.2) is 53.1 Å². The van der Waals surface area contributed by atoms with E-state index in [1.807, 2.05) is 42.5 Å². The van der Waals surface area contributed by atoms with Gasteiger partial charge in [-0.2, -0.15) is 4.98 Å². The summed E-state index contributed by atoms with van der Waals surface area (Å²) in [4.78, 5) is 4.37. The number of hydrogen-bond acceptors (Lipinski definition) is 5. The summed E-state index contributed by atoms with van der Waals surface area (Å²) >= 11 is 0. The summed E-state index contributed by atoms with van der Waals surface area (Å²) in [6.45, 7) is 0. The van der Waals surface area contributed by atoms with Gasteiger partial charge in [-0.3, -0.25) is 0 Å². The monoisotopic (exact) mass is 267 g/mol. The SMILES string of the molecule is COc1cccc(-c2nc(-c3ccccc3N)no2)c1. The Morgan fingerprint density at radius 1 is 1.10 bits per heavy atom. The van der Waals surface area contributed by atoms with Gasteiger partial charge < -0.3 is 15.0 Å². The molecular formula is C15H13N3O2. The zero-order valence-corrected chi connectivity index (χ0v) is 10.9. The van der Waals surface area contributed by atoms with Crippen molar-refractivity contribution >= 4 is 5.69 Å². The fourth-order valence-electron chi connectivity index (χ4n) is 1.91. The first kappa shape index (κ1) is 12.2. The number of rotatable bonds is 3. The highest BCUT2D eigenvalue weighted by molar-refractivity contribution is 5.72. The van der Waals surface area contributed by atoms with Crippen molar-refractivity contribution in [1.82, 2.24) is 10.1 Å². The van der Waals surface area contributed by atoms with E-state index in [9.17, 15) is 0 Å². The van der Waals surface area contributed by atoms with Crippen molar-refractivity contribution in [3.05, 3.63) is 48.5 Å². The Labute approximate surface area is 116 Å². The van der Waals surface area contributed by atoms with Crippen molar-refractivity contribution in [2.75, 3.05) is 12.8 Å². The summed E-state index contributed by atoms with van der Waals surface area (Å²) in [7, 11) is 1.61. The van der Waals surface area contributed by atoms with Crippen LogP contribution in [-0.2, 0) is 0 Å². The lowest BCUT2D eigenvalue weighted by atomic mass is 10.1. The van der Waals surface area contributed by atoms with Crippen LogP contribution in [0.4, 0.5) is 5.69 Å². The molecule has 5 nitrogen and oxygen atoms in total. The largest absolute Gasteiger partial charge is 0.497 e. The van der Waals surface area contributed by atoms with Crippen LogP contribution in [0, 0.1) is 0 Å².